The normalized spacial score (nSPS) is 15.6. The third-order valence-electron chi connectivity index (χ3n) is 3.02. The summed E-state index contributed by atoms with van der Waals surface area (Å²) in [5, 5.41) is 2.50. The molecule has 1 aromatic rings. The fraction of sp³-hybridized carbons (Fsp3) is 0.214. The largest absolute Gasteiger partial charge is 0.350 e. The van der Waals surface area contributed by atoms with Gasteiger partial charge < -0.3 is 5.32 Å². The maximum absolute atomic E-state index is 13.4. The van der Waals surface area contributed by atoms with E-state index in [9.17, 15) is 18.8 Å². The van der Waals surface area contributed by atoms with E-state index in [-0.39, 0.29) is 6.54 Å². The highest BCUT2D eigenvalue weighted by molar-refractivity contribution is 6.15. The van der Waals surface area contributed by atoms with Gasteiger partial charge in [-0.2, -0.15) is 0 Å². The molecule has 1 unspecified atom stereocenters. The number of halogens is 1. The molecule has 0 spiro atoms. The second kappa shape index (κ2) is 5.64. The maximum Gasteiger partial charge on any atom is 0.254 e. The van der Waals surface area contributed by atoms with Gasteiger partial charge in [0.1, 0.15) is 11.9 Å². The van der Waals surface area contributed by atoms with E-state index in [1.165, 1.54) is 13.0 Å². The second-order valence-corrected chi connectivity index (χ2v) is 4.36. The summed E-state index contributed by atoms with van der Waals surface area (Å²) in [7, 11) is 0. The Morgan fingerprint density at radius 1 is 1.25 bits per heavy atom. The summed E-state index contributed by atoms with van der Waals surface area (Å²) in [4.78, 5) is 35.6. The molecule has 1 aromatic carbocycles. The first-order chi connectivity index (χ1) is 9.50. The molecule has 1 aliphatic rings. The number of amides is 3. The van der Waals surface area contributed by atoms with Gasteiger partial charge in [-0.25, -0.2) is 4.39 Å². The lowest BCUT2D eigenvalue weighted by Crippen LogP contribution is -2.47. The van der Waals surface area contributed by atoms with Gasteiger partial charge in [-0.3, -0.25) is 19.3 Å². The van der Waals surface area contributed by atoms with Crippen molar-refractivity contribution < 1.29 is 18.8 Å². The Bertz CT molecular complexity index is 580. The molecule has 2 rings (SSSR count). The van der Waals surface area contributed by atoms with Crippen LogP contribution in [-0.2, 0) is 20.9 Å². The molecule has 3 amide bonds. The number of imide groups is 1. The number of rotatable bonds is 4. The summed E-state index contributed by atoms with van der Waals surface area (Å²) < 4.78 is 13.4. The van der Waals surface area contributed by atoms with Crippen LogP contribution in [0.4, 0.5) is 4.39 Å². The van der Waals surface area contributed by atoms with E-state index in [4.69, 9.17) is 0 Å². The Morgan fingerprint density at radius 3 is 2.45 bits per heavy atom. The summed E-state index contributed by atoms with van der Waals surface area (Å²) in [6.07, 6.45) is 2.23. The fourth-order valence-corrected chi connectivity index (χ4v) is 1.88. The maximum atomic E-state index is 13.4. The zero-order chi connectivity index (χ0) is 14.7. The topological polar surface area (TPSA) is 66.5 Å². The van der Waals surface area contributed by atoms with E-state index < -0.39 is 29.6 Å². The van der Waals surface area contributed by atoms with Crippen LogP contribution in [0.25, 0.3) is 0 Å². The second-order valence-electron chi connectivity index (χ2n) is 4.36. The van der Waals surface area contributed by atoms with Gasteiger partial charge in [0.25, 0.3) is 11.8 Å². The zero-order valence-electron chi connectivity index (χ0n) is 10.8. The quantitative estimate of drug-likeness (QED) is 0.825. The first kappa shape index (κ1) is 13.9. The molecule has 1 atom stereocenters. The van der Waals surface area contributed by atoms with Gasteiger partial charge >= 0.3 is 0 Å². The molecule has 104 valence electrons. The minimum absolute atomic E-state index is 0.000500. The van der Waals surface area contributed by atoms with Crippen molar-refractivity contribution in [2.75, 3.05) is 0 Å². The molecule has 0 bridgehead atoms. The Balaban J connectivity index is 1.97. The molecule has 1 aliphatic heterocycles. The van der Waals surface area contributed by atoms with Crippen molar-refractivity contribution in [3.05, 3.63) is 47.8 Å². The molecular formula is C14H13FN2O3. The van der Waals surface area contributed by atoms with Gasteiger partial charge in [-0.15, -0.1) is 0 Å². The van der Waals surface area contributed by atoms with E-state index >= 15 is 0 Å². The van der Waals surface area contributed by atoms with Gasteiger partial charge in [0, 0.05) is 24.3 Å². The van der Waals surface area contributed by atoms with Gasteiger partial charge in [-0.1, -0.05) is 18.2 Å². The first-order valence-corrected chi connectivity index (χ1v) is 6.07. The zero-order valence-corrected chi connectivity index (χ0v) is 10.8. The van der Waals surface area contributed by atoms with E-state index in [1.54, 1.807) is 18.2 Å². The lowest BCUT2D eigenvalue weighted by Gasteiger charge is -2.21. The number of nitrogens with one attached hydrogen (secondary N) is 1. The third-order valence-corrected chi connectivity index (χ3v) is 3.02. The van der Waals surface area contributed by atoms with E-state index in [0.29, 0.717) is 5.56 Å². The Morgan fingerprint density at radius 2 is 1.85 bits per heavy atom. The number of carbonyl (C=O) groups excluding carboxylic acids is 3. The molecule has 5 nitrogen and oxygen atoms in total. The van der Waals surface area contributed by atoms with Crippen molar-refractivity contribution in [3.8, 4) is 0 Å². The third kappa shape index (κ3) is 2.74. The predicted octanol–water partition coefficient (Wildman–Crippen LogP) is 0.755. The van der Waals surface area contributed by atoms with Crippen LogP contribution in [0.5, 0.6) is 0 Å². The highest BCUT2D eigenvalue weighted by Gasteiger charge is 2.32. The van der Waals surface area contributed by atoms with Crippen molar-refractivity contribution in [2.24, 2.45) is 0 Å². The Labute approximate surface area is 115 Å². The molecular weight excluding hydrogens is 263 g/mol. The van der Waals surface area contributed by atoms with E-state index in [1.807, 2.05) is 0 Å². The van der Waals surface area contributed by atoms with Crippen LogP contribution in [-0.4, -0.2) is 28.7 Å². The van der Waals surface area contributed by atoms with Crippen molar-refractivity contribution in [1.29, 1.82) is 0 Å². The minimum atomic E-state index is -0.934. The number of benzene rings is 1. The van der Waals surface area contributed by atoms with Crippen molar-refractivity contribution in [2.45, 2.75) is 19.5 Å². The Kier molecular flexibility index (Phi) is 3.93. The summed E-state index contributed by atoms with van der Waals surface area (Å²) in [6.45, 7) is 1.44. The molecule has 6 heteroatoms. The number of carbonyl (C=O) groups is 3. The molecule has 0 saturated carbocycles. The highest BCUT2D eigenvalue weighted by atomic mass is 19.1. The van der Waals surface area contributed by atoms with Crippen LogP contribution in [0.3, 0.4) is 0 Å². The molecule has 0 aliphatic carbocycles. The molecule has 0 aromatic heterocycles. The van der Waals surface area contributed by atoms with Gasteiger partial charge in [0.15, 0.2) is 0 Å². The molecule has 0 fully saturated rings. The average Bonchev–Trinajstić information content (AvgIpc) is 2.76. The summed E-state index contributed by atoms with van der Waals surface area (Å²) in [5.74, 6) is -1.99. The van der Waals surface area contributed by atoms with Crippen LogP contribution >= 0.6 is 0 Å². The molecule has 0 saturated heterocycles. The minimum Gasteiger partial charge on any atom is -0.350 e. The fourth-order valence-electron chi connectivity index (χ4n) is 1.88. The number of hydrogen-bond donors (Lipinski definition) is 1. The van der Waals surface area contributed by atoms with Gasteiger partial charge in [0.2, 0.25) is 5.91 Å². The monoisotopic (exact) mass is 276 g/mol. The lowest BCUT2D eigenvalue weighted by molar-refractivity contribution is -0.144. The van der Waals surface area contributed by atoms with E-state index in [0.717, 1.165) is 17.1 Å². The average molecular weight is 276 g/mol. The summed E-state index contributed by atoms with van der Waals surface area (Å²) in [6, 6.07) is 5.12. The molecule has 1 N–H and O–H groups in total. The molecule has 0 radical (unpaired) electrons. The van der Waals surface area contributed by atoms with E-state index in [2.05, 4.69) is 5.32 Å². The van der Waals surface area contributed by atoms with Gasteiger partial charge in [0.05, 0.1) is 0 Å². The molecule has 1 heterocycles. The Hall–Kier alpha value is -2.50. The SMILES string of the molecule is CC(C(=O)NCc1ccccc1F)N1C(=O)C=CC1=O. The smallest absolute Gasteiger partial charge is 0.254 e. The van der Waals surface area contributed by atoms with Crippen molar-refractivity contribution in [1.82, 2.24) is 10.2 Å². The van der Waals surface area contributed by atoms with Crippen LogP contribution in [0, 0.1) is 5.82 Å². The number of nitrogens with zero attached hydrogens (tertiary/aromatic N) is 1. The van der Waals surface area contributed by atoms with Gasteiger partial charge in [-0.05, 0) is 13.0 Å². The summed E-state index contributed by atoms with van der Waals surface area (Å²) >= 11 is 0. The van der Waals surface area contributed by atoms with Crippen LogP contribution in [0.15, 0.2) is 36.4 Å². The lowest BCUT2D eigenvalue weighted by atomic mass is 10.2. The van der Waals surface area contributed by atoms with Crippen LogP contribution < -0.4 is 5.32 Å². The summed E-state index contributed by atoms with van der Waals surface area (Å²) in [5.41, 5.74) is 0.338. The van der Waals surface area contributed by atoms with Crippen LogP contribution in [0.2, 0.25) is 0 Å². The van der Waals surface area contributed by atoms with Crippen LogP contribution in [0.1, 0.15) is 12.5 Å². The predicted molar refractivity (Wildman–Crippen MR) is 68.7 cm³/mol. The number of hydrogen-bond acceptors (Lipinski definition) is 3. The standard InChI is InChI=1S/C14H13FN2O3/c1-9(17-12(18)6-7-13(17)19)14(20)16-8-10-4-2-3-5-11(10)15/h2-7,9H,8H2,1H3,(H,16,20). The molecule has 20 heavy (non-hydrogen) atoms. The van der Waals surface area contributed by atoms with Crippen molar-refractivity contribution >= 4 is 17.7 Å². The van der Waals surface area contributed by atoms with Crippen molar-refractivity contribution in [3.63, 3.8) is 0 Å². The highest BCUT2D eigenvalue weighted by Crippen LogP contribution is 2.10. The first-order valence-electron chi connectivity index (χ1n) is 6.07.